The summed E-state index contributed by atoms with van der Waals surface area (Å²) in [6, 6.07) is 79.3. The molecular formula is C58H41N. The fourth-order valence-corrected chi connectivity index (χ4v) is 10.9. The van der Waals surface area contributed by atoms with Gasteiger partial charge in [-0.1, -0.05) is 190 Å². The molecule has 1 nitrogen and oxygen atoms in total. The molecular weight excluding hydrogens is 711 g/mol. The van der Waals surface area contributed by atoms with Gasteiger partial charge in [0.25, 0.3) is 0 Å². The molecule has 0 aromatic heterocycles. The second kappa shape index (κ2) is 12.6. The molecule has 0 fully saturated rings. The third kappa shape index (κ3) is 4.73. The molecule has 0 heterocycles. The van der Waals surface area contributed by atoms with E-state index < -0.39 is 5.41 Å². The van der Waals surface area contributed by atoms with E-state index in [9.17, 15) is 0 Å². The van der Waals surface area contributed by atoms with Gasteiger partial charge in [-0.05, 0) is 120 Å². The molecule has 12 rings (SSSR count). The Morgan fingerprint density at radius 1 is 0.305 bits per heavy atom. The molecule has 1 unspecified atom stereocenters. The van der Waals surface area contributed by atoms with Gasteiger partial charge >= 0.3 is 0 Å². The van der Waals surface area contributed by atoms with Gasteiger partial charge in [-0.15, -0.1) is 0 Å². The lowest BCUT2D eigenvalue weighted by molar-refractivity contribution is 0.660. The standard InChI is InChI=1S/C58H41N/c1-57(2)50-24-12-9-20-44(50)47-35-33-43(37-53(47)57)59(42-31-28-40(29-32-42)38-16-5-3-6-17-38)55-27-15-23-49-46-22-11-14-26-52(46)58(56(49)55)51-25-13-10-21-45(51)48-34-30-41(36-54(48)58)39-18-7-4-8-19-39/h3-37H,1-2H3. The Hall–Kier alpha value is -7.22. The summed E-state index contributed by atoms with van der Waals surface area (Å²) < 4.78 is 0. The van der Waals surface area contributed by atoms with Crippen molar-refractivity contribution in [2.24, 2.45) is 0 Å². The summed E-state index contributed by atoms with van der Waals surface area (Å²) in [5, 5.41) is 0. The minimum Gasteiger partial charge on any atom is -0.310 e. The van der Waals surface area contributed by atoms with Crippen LogP contribution in [0.5, 0.6) is 0 Å². The van der Waals surface area contributed by atoms with Crippen LogP contribution in [0.15, 0.2) is 212 Å². The van der Waals surface area contributed by atoms with Crippen LogP contribution >= 0.6 is 0 Å². The van der Waals surface area contributed by atoms with Crippen LogP contribution in [-0.4, -0.2) is 0 Å². The van der Waals surface area contributed by atoms with E-state index in [1.807, 2.05) is 0 Å². The average molecular weight is 752 g/mol. The first kappa shape index (κ1) is 33.9. The van der Waals surface area contributed by atoms with E-state index in [4.69, 9.17) is 0 Å². The van der Waals surface area contributed by atoms with Gasteiger partial charge in [0.2, 0.25) is 0 Å². The highest BCUT2D eigenvalue weighted by Gasteiger charge is 2.53. The fourth-order valence-electron chi connectivity index (χ4n) is 10.9. The number of anilines is 3. The molecule has 3 aliphatic rings. The van der Waals surface area contributed by atoms with E-state index in [2.05, 4.69) is 231 Å². The van der Waals surface area contributed by atoms with Gasteiger partial charge in [0.05, 0.1) is 11.1 Å². The molecule has 0 aliphatic heterocycles. The molecule has 0 bridgehead atoms. The van der Waals surface area contributed by atoms with E-state index in [-0.39, 0.29) is 5.41 Å². The summed E-state index contributed by atoms with van der Waals surface area (Å²) in [5.74, 6) is 0. The molecule has 278 valence electrons. The van der Waals surface area contributed by atoms with E-state index in [0.717, 1.165) is 11.4 Å². The molecule has 9 aromatic rings. The van der Waals surface area contributed by atoms with Crippen LogP contribution in [0.3, 0.4) is 0 Å². The molecule has 0 amide bonds. The van der Waals surface area contributed by atoms with Crippen molar-refractivity contribution >= 4 is 17.1 Å². The molecule has 3 aliphatic carbocycles. The third-order valence-corrected chi connectivity index (χ3v) is 13.5. The summed E-state index contributed by atoms with van der Waals surface area (Å²) in [6.07, 6.45) is 0. The Kier molecular flexibility index (Phi) is 7.26. The minimum atomic E-state index is -0.548. The van der Waals surface area contributed by atoms with Crippen molar-refractivity contribution in [3.8, 4) is 55.6 Å². The van der Waals surface area contributed by atoms with Crippen molar-refractivity contribution in [2.45, 2.75) is 24.7 Å². The van der Waals surface area contributed by atoms with Crippen molar-refractivity contribution in [1.82, 2.24) is 0 Å². The Morgan fingerprint density at radius 2 is 0.763 bits per heavy atom. The Morgan fingerprint density at radius 3 is 1.44 bits per heavy atom. The normalized spacial score (nSPS) is 15.8. The minimum absolute atomic E-state index is 0.141. The highest BCUT2D eigenvalue weighted by molar-refractivity contribution is 6.00. The summed E-state index contributed by atoms with van der Waals surface area (Å²) in [4.78, 5) is 2.54. The van der Waals surface area contributed by atoms with Crippen LogP contribution in [0, 0.1) is 0 Å². The van der Waals surface area contributed by atoms with E-state index in [0.29, 0.717) is 0 Å². The SMILES string of the molecule is CC1(C)c2ccccc2-c2ccc(N(c3ccc(-c4ccccc4)cc3)c3cccc4c3C3(c5ccccc5-c5ccc(-c6ccccc6)cc53)c3ccccc3-4)cc21. The van der Waals surface area contributed by atoms with Crippen LogP contribution in [-0.2, 0) is 10.8 Å². The van der Waals surface area contributed by atoms with E-state index >= 15 is 0 Å². The number of nitrogens with zero attached hydrogens (tertiary/aromatic N) is 1. The second-order valence-corrected chi connectivity index (χ2v) is 16.8. The van der Waals surface area contributed by atoms with Crippen LogP contribution in [0.4, 0.5) is 17.1 Å². The zero-order valence-corrected chi connectivity index (χ0v) is 33.2. The maximum atomic E-state index is 2.54. The summed E-state index contributed by atoms with van der Waals surface area (Å²) in [5.41, 5.74) is 23.6. The molecule has 0 saturated carbocycles. The highest BCUT2D eigenvalue weighted by Crippen LogP contribution is 2.66. The molecule has 1 heteroatoms. The second-order valence-electron chi connectivity index (χ2n) is 16.8. The smallest absolute Gasteiger partial charge is 0.0746 e. The third-order valence-electron chi connectivity index (χ3n) is 13.5. The molecule has 59 heavy (non-hydrogen) atoms. The summed E-state index contributed by atoms with van der Waals surface area (Å²) in [6.45, 7) is 4.76. The summed E-state index contributed by atoms with van der Waals surface area (Å²) >= 11 is 0. The van der Waals surface area contributed by atoms with E-state index in [1.165, 1.54) is 94.7 Å². The first-order chi connectivity index (χ1) is 29.0. The number of hydrogen-bond donors (Lipinski definition) is 0. The Balaban J connectivity index is 1.15. The van der Waals surface area contributed by atoms with Gasteiger partial charge in [-0.2, -0.15) is 0 Å². The van der Waals surface area contributed by atoms with Crippen molar-refractivity contribution < 1.29 is 0 Å². The lowest BCUT2D eigenvalue weighted by Gasteiger charge is -2.36. The maximum absolute atomic E-state index is 2.54. The zero-order chi connectivity index (χ0) is 39.3. The van der Waals surface area contributed by atoms with Gasteiger partial charge in [-0.3, -0.25) is 0 Å². The van der Waals surface area contributed by atoms with Gasteiger partial charge in [-0.25, -0.2) is 0 Å². The van der Waals surface area contributed by atoms with Crippen molar-refractivity contribution in [1.29, 1.82) is 0 Å². The highest BCUT2D eigenvalue weighted by atomic mass is 15.1. The van der Waals surface area contributed by atoms with Gasteiger partial charge in [0.15, 0.2) is 0 Å². The van der Waals surface area contributed by atoms with Crippen molar-refractivity contribution in [2.75, 3.05) is 4.90 Å². The topological polar surface area (TPSA) is 3.24 Å². The predicted molar refractivity (Wildman–Crippen MR) is 246 cm³/mol. The van der Waals surface area contributed by atoms with Crippen molar-refractivity contribution in [3.63, 3.8) is 0 Å². The Labute approximate surface area is 346 Å². The number of fused-ring (bicyclic) bond motifs is 13. The zero-order valence-electron chi connectivity index (χ0n) is 33.2. The first-order valence-corrected chi connectivity index (χ1v) is 20.8. The lowest BCUT2D eigenvalue weighted by Crippen LogP contribution is -2.28. The van der Waals surface area contributed by atoms with Crippen LogP contribution < -0.4 is 4.90 Å². The van der Waals surface area contributed by atoms with Gasteiger partial charge in [0.1, 0.15) is 0 Å². The molecule has 0 radical (unpaired) electrons. The largest absolute Gasteiger partial charge is 0.310 e. The van der Waals surface area contributed by atoms with Gasteiger partial charge in [0, 0.05) is 22.4 Å². The molecule has 1 atom stereocenters. The molecule has 0 N–H and O–H groups in total. The quantitative estimate of drug-likeness (QED) is 0.169. The van der Waals surface area contributed by atoms with Crippen LogP contribution in [0.1, 0.15) is 47.2 Å². The number of rotatable bonds is 5. The van der Waals surface area contributed by atoms with Crippen LogP contribution in [0.2, 0.25) is 0 Å². The number of benzene rings is 9. The average Bonchev–Trinajstić information content (AvgIpc) is 3.86. The molecule has 0 saturated heterocycles. The predicted octanol–water partition coefficient (Wildman–Crippen LogP) is 15.1. The molecule has 1 spiro atoms. The molecule has 9 aromatic carbocycles. The fraction of sp³-hybridized carbons (Fsp3) is 0.0690. The van der Waals surface area contributed by atoms with Gasteiger partial charge < -0.3 is 4.90 Å². The maximum Gasteiger partial charge on any atom is 0.0746 e. The summed E-state index contributed by atoms with van der Waals surface area (Å²) in [7, 11) is 0. The van der Waals surface area contributed by atoms with E-state index in [1.54, 1.807) is 0 Å². The number of hydrogen-bond acceptors (Lipinski definition) is 1. The first-order valence-electron chi connectivity index (χ1n) is 20.8. The van der Waals surface area contributed by atoms with Crippen molar-refractivity contribution in [3.05, 3.63) is 246 Å². The monoisotopic (exact) mass is 751 g/mol. The van der Waals surface area contributed by atoms with Crippen LogP contribution in [0.25, 0.3) is 55.6 Å². The Bertz CT molecular complexity index is 3110. The lowest BCUT2D eigenvalue weighted by atomic mass is 9.69.